The van der Waals surface area contributed by atoms with Gasteiger partial charge in [-0.3, -0.25) is 43.2 Å². The highest BCUT2D eigenvalue weighted by molar-refractivity contribution is 6.58. The maximum atomic E-state index is 12.2. The van der Waals surface area contributed by atoms with E-state index in [1.807, 2.05) is 55.4 Å². The molecule has 482 valence electrons. The number of ether oxygens (including phenoxy) is 4. The Balaban J connectivity index is -0.000000166. The van der Waals surface area contributed by atoms with Crippen LogP contribution in [0.3, 0.4) is 0 Å². The summed E-state index contributed by atoms with van der Waals surface area (Å²) in [4.78, 5) is 111. The largest absolute Gasteiger partial charge is 0.481 e. The van der Waals surface area contributed by atoms with Crippen molar-refractivity contribution in [1.82, 2.24) is 15.5 Å². The molecular weight excluding hydrogens is 1090 g/mol. The fourth-order valence-corrected chi connectivity index (χ4v) is 9.41. The van der Waals surface area contributed by atoms with Crippen LogP contribution in [0.1, 0.15) is 163 Å². The van der Waals surface area contributed by atoms with E-state index in [2.05, 4.69) is 77.4 Å². The number of nitrogens with two attached hydrogens (primary N) is 1. The summed E-state index contributed by atoms with van der Waals surface area (Å²) in [6.07, 6.45) is 4.12. The number of carboxylic acids is 1. The Labute approximate surface area is 492 Å². The molecule has 0 radical (unpaired) electrons. The number of carbonyl (C=O) groups excluding carboxylic acids is 9. The fourth-order valence-electron chi connectivity index (χ4n) is 7.68. The maximum absolute atomic E-state index is 12.2. The number of esters is 4. The van der Waals surface area contributed by atoms with E-state index in [-0.39, 0.29) is 102 Å². The van der Waals surface area contributed by atoms with Crippen LogP contribution in [0.5, 0.6) is 0 Å². The van der Waals surface area contributed by atoms with Crippen molar-refractivity contribution in [3.8, 4) is 0 Å². The highest BCUT2D eigenvalue weighted by Gasteiger charge is 2.46. The molecule has 5 N–H and O–H groups in total. The number of aldehydes is 2. The molecule has 1 fully saturated rings. The molecular formula is C59H111F3N4O15Si. The number of hydrogen-bond donors (Lipinski definition) is 4. The molecule has 0 aromatic heterocycles. The summed E-state index contributed by atoms with van der Waals surface area (Å²) in [7, 11) is 5.03. The number of rotatable bonds is 27. The zero-order chi connectivity index (χ0) is 65.0. The fraction of sp³-hybridized carbons (Fsp3) is 0.763. The number of halogens is 3. The number of alkyl halides is 3. The van der Waals surface area contributed by atoms with Crippen molar-refractivity contribution in [2.45, 2.75) is 187 Å². The summed E-state index contributed by atoms with van der Waals surface area (Å²) >= 11 is 0. The van der Waals surface area contributed by atoms with E-state index in [1.54, 1.807) is 30.9 Å². The van der Waals surface area contributed by atoms with Crippen molar-refractivity contribution in [2.24, 2.45) is 51.1 Å². The van der Waals surface area contributed by atoms with Crippen LogP contribution < -0.4 is 16.4 Å². The first kappa shape index (κ1) is 90.3. The predicted octanol–water partition coefficient (Wildman–Crippen LogP) is 9.74. The first-order valence-corrected chi connectivity index (χ1v) is 30.2. The quantitative estimate of drug-likeness (QED) is 0.0196. The first-order chi connectivity index (χ1) is 37.5. The van der Waals surface area contributed by atoms with E-state index in [4.69, 9.17) is 15.6 Å². The number of amides is 3. The van der Waals surface area contributed by atoms with E-state index in [9.17, 15) is 56.3 Å². The Hall–Kier alpha value is -5.45. The van der Waals surface area contributed by atoms with Crippen molar-refractivity contribution in [3.05, 3.63) is 25.3 Å². The highest BCUT2D eigenvalue weighted by Crippen LogP contribution is 2.40. The van der Waals surface area contributed by atoms with Gasteiger partial charge in [0.25, 0.3) is 0 Å². The van der Waals surface area contributed by atoms with Crippen molar-refractivity contribution >= 4 is 68.9 Å². The molecule has 1 rings (SSSR count). The molecule has 1 heterocycles. The summed E-state index contributed by atoms with van der Waals surface area (Å²) in [5.41, 5.74) is 2.57. The van der Waals surface area contributed by atoms with E-state index in [0.29, 0.717) is 25.3 Å². The van der Waals surface area contributed by atoms with Crippen LogP contribution in [-0.2, 0) is 66.9 Å². The van der Waals surface area contributed by atoms with Crippen LogP contribution in [0.25, 0.3) is 0 Å². The topological polar surface area (TPSA) is 281 Å². The summed E-state index contributed by atoms with van der Waals surface area (Å²) in [5, 5.41) is 14.1. The Kier molecular flexibility index (Phi) is 54.0. The Morgan fingerprint density at radius 1 is 0.671 bits per heavy atom. The van der Waals surface area contributed by atoms with Gasteiger partial charge in [0.15, 0.2) is 0 Å². The van der Waals surface area contributed by atoms with Gasteiger partial charge in [-0.2, -0.15) is 13.2 Å². The van der Waals surface area contributed by atoms with Gasteiger partial charge in [-0.1, -0.05) is 160 Å². The molecule has 3 amide bonds. The average molecular weight is 1200 g/mol. The van der Waals surface area contributed by atoms with E-state index < -0.39 is 46.6 Å². The Bertz CT molecular complexity index is 1810. The zero-order valence-electron chi connectivity index (χ0n) is 52.7. The Morgan fingerprint density at radius 3 is 1.26 bits per heavy atom. The smallest absolute Gasteiger partial charge is 0.446 e. The molecule has 19 nitrogen and oxygen atoms in total. The minimum absolute atomic E-state index is 0. The number of hydrogen-bond acceptors (Lipinski definition) is 15. The van der Waals surface area contributed by atoms with Crippen LogP contribution in [0.15, 0.2) is 25.3 Å². The lowest BCUT2D eigenvalue weighted by atomic mass is 9.73. The number of likely N-dealkylation sites (tertiary alicyclic amines) is 1. The average Bonchev–Trinajstić information content (AvgIpc) is 3.74. The highest BCUT2D eigenvalue weighted by atomic mass is 28.3. The molecule has 0 spiro atoms. The number of aliphatic carboxylic acids is 1. The van der Waals surface area contributed by atoms with Gasteiger partial charge in [-0.25, -0.2) is 0 Å². The third kappa shape index (κ3) is 36.2. The minimum atomic E-state index is -4.64. The maximum Gasteiger partial charge on any atom is 0.446 e. The lowest BCUT2D eigenvalue weighted by Gasteiger charge is -2.32. The molecule has 0 aromatic rings. The SMILES string of the molecule is C.C=CC[C@@](C)(C(=O)NCC(=O)OC)C(C)CC.C=CC[C@@](C)(C(=O)O)C(C)CC.CCC(C)[C@@](C)(CC=O)C(=O)NCC(=O)OC.CCC(C)[C@@]1(C)CCN(CC(=O)OC)C1=O.CC[SiH](CC)CC.COC(=O)CN.O=CC(F)(F)F. The summed E-state index contributed by atoms with van der Waals surface area (Å²) in [6, 6.07) is 4.48. The molecule has 1 aliphatic heterocycles. The number of carbonyl (C=O) groups is 10. The number of nitrogens with one attached hydrogen (secondary N) is 2. The predicted molar refractivity (Wildman–Crippen MR) is 320 cm³/mol. The van der Waals surface area contributed by atoms with Gasteiger partial charge in [0.05, 0.1) is 56.6 Å². The summed E-state index contributed by atoms with van der Waals surface area (Å²) in [6.45, 7) is 38.2. The lowest BCUT2D eigenvalue weighted by molar-refractivity contribution is -0.156. The number of carboxylic acid groups (broad SMARTS) is 1. The second-order valence-corrected chi connectivity index (χ2v) is 24.9. The van der Waals surface area contributed by atoms with Crippen molar-refractivity contribution < 1.29 is 85.2 Å². The Morgan fingerprint density at radius 2 is 1.01 bits per heavy atom. The third-order valence-electron chi connectivity index (χ3n) is 15.7. The van der Waals surface area contributed by atoms with Crippen LogP contribution in [0.2, 0.25) is 18.1 Å². The monoisotopic (exact) mass is 1200 g/mol. The van der Waals surface area contributed by atoms with Gasteiger partial charge in [0.2, 0.25) is 24.0 Å². The molecule has 8 atom stereocenters. The summed E-state index contributed by atoms with van der Waals surface area (Å²) in [5.74, 6) is -1.90. The van der Waals surface area contributed by atoms with Crippen LogP contribution >= 0.6 is 0 Å². The van der Waals surface area contributed by atoms with E-state index in [0.717, 1.165) is 38.4 Å². The molecule has 0 aromatic carbocycles. The lowest BCUT2D eigenvalue weighted by Crippen LogP contribution is -2.45. The van der Waals surface area contributed by atoms with Gasteiger partial charge in [0.1, 0.15) is 25.9 Å². The van der Waals surface area contributed by atoms with Crippen molar-refractivity contribution in [3.63, 3.8) is 0 Å². The van der Waals surface area contributed by atoms with E-state index in [1.165, 1.54) is 46.6 Å². The van der Waals surface area contributed by atoms with Gasteiger partial charge in [-0.15, -0.1) is 13.2 Å². The number of allylic oxidation sites excluding steroid dienone is 2. The summed E-state index contributed by atoms with van der Waals surface area (Å²) < 4.78 is 48.9. The molecule has 23 heteroatoms. The van der Waals surface area contributed by atoms with Gasteiger partial charge < -0.3 is 50.1 Å². The van der Waals surface area contributed by atoms with Crippen LogP contribution in [-0.4, -0.2) is 146 Å². The normalized spacial score (nSPS) is 16.6. The van der Waals surface area contributed by atoms with Gasteiger partial charge >= 0.3 is 36.0 Å². The van der Waals surface area contributed by atoms with Crippen LogP contribution in [0, 0.1) is 45.3 Å². The van der Waals surface area contributed by atoms with Crippen molar-refractivity contribution in [2.75, 3.05) is 61.2 Å². The standard InChI is InChI=1S/C13H23NO3.C12H21NO4.C12H21NO3.C10H18O2.C6H16Si.C3H7NO2.C2HF3O.CH4/c1-6-8-13(4,10(3)7-2)12(16)14-9-11(15)17-5;1-5-9(2)12(3,6-7-14)11(16)13-8-10(15)17-4;1-5-9(2)12(3)6-7-13(11(12)15)8-10(14)16-4;1-5-7-10(4,9(11)12)8(3)6-2;1-4-7(5-2)6-3;1-6-3(5)2-4;3-2(4,5)1-6;/h6,10H,1,7-9H2,2-5H3,(H,14,16);7,9H,5-6,8H2,1-4H3,(H,13,16);9H,5-8H2,1-4H3;5,8H,1,6-7H2,2-4H3,(H,11,12);7H,4-6H2,1-3H3;2,4H2,1H3;1H;1H4/t10?,13-;2*9?,12-;8?,10-;;;;/m1111..../s1. The second-order valence-electron chi connectivity index (χ2n) is 20.7. The van der Waals surface area contributed by atoms with Gasteiger partial charge in [-0.05, 0) is 49.9 Å². The first-order valence-electron chi connectivity index (χ1n) is 27.7. The molecule has 0 aliphatic carbocycles. The third-order valence-corrected chi connectivity index (χ3v) is 19.2. The number of methoxy groups -OCH3 is 4. The zero-order valence-corrected chi connectivity index (χ0v) is 53.9. The van der Waals surface area contributed by atoms with Crippen LogP contribution in [0.4, 0.5) is 13.2 Å². The van der Waals surface area contributed by atoms with Gasteiger partial charge in [0, 0.05) is 21.8 Å². The minimum Gasteiger partial charge on any atom is -0.481 e. The molecule has 1 aliphatic rings. The molecule has 82 heavy (non-hydrogen) atoms. The second kappa shape index (κ2) is 49.0. The molecule has 0 saturated carbocycles. The molecule has 0 bridgehead atoms. The molecule has 4 unspecified atom stereocenters. The van der Waals surface area contributed by atoms with E-state index >= 15 is 0 Å². The van der Waals surface area contributed by atoms with Crippen molar-refractivity contribution in [1.29, 1.82) is 0 Å². The number of nitrogens with zero attached hydrogens (tertiary/aromatic N) is 1. The molecule has 1 saturated heterocycles.